The van der Waals surface area contributed by atoms with Crippen LogP contribution in [0.5, 0.6) is 5.75 Å². The summed E-state index contributed by atoms with van der Waals surface area (Å²) in [5.41, 5.74) is 5.19. The number of hydrogen-bond acceptors (Lipinski definition) is 2. The van der Waals surface area contributed by atoms with E-state index in [4.69, 9.17) is 4.74 Å². The Morgan fingerprint density at radius 1 is 0.972 bits per heavy atom. The summed E-state index contributed by atoms with van der Waals surface area (Å²) in [4.78, 5) is 14.7. The van der Waals surface area contributed by atoms with E-state index in [9.17, 15) is 9.90 Å². The third-order valence-electron chi connectivity index (χ3n) is 6.80. The average Bonchev–Trinajstić information content (AvgIpc) is 2.85. The van der Waals surface area contributed by atoms with Crippen LogP contribution >= 0.6 is 0 Å². The summed E-state index contributed by atoms with van der Waals surface area (Å²) in [7, 11) is 0. The Balaban J connectivity index is 1.71. The normalized spacial score (nSPS) is 15.8. The van der Waals surface area contributed by atoms with Crippen molar-refractivity contribution in [3.63, 3.8) is 0 Å². The van der Waals surface area contributed by atoms with Gasteiger partial charge in [0.25, 0.3) is 0 Å². The SMILES string of the molecule is CC1(C)CCC(C)(C)c2c(OCc3ccccc3)cc([Se]C#CC(=CC(=O)O)c3ccccc3)cc21. The van der Waals surface area contributed by atoms with Gasteiger partial charge in [-0.2, -0.15) is 0 Å². The molecule has 0 aliphatic heterocycles. The number of carbonyl (C=O) groups is 1. The van der Waals surface area contributed by atoms with Crippen molar-refractivity contribution in [2.24, 2.45) is 0 Å². The van der Waals surface area contributed by atoms with Crippen molar-refractivity contribution < 1.29 is 14.6 Å². The van der Waals surface area contributed by atoms with Crippen molar-refractivity contribution in [2.75, 3.05) is 0 Å². The molecule has 184 valence electrons. The van der Waals surface area contributed by atoms with Gasteiger partial charge in [0.05, 0.1) is 0 Å². The fraction of sp³-hybridized carbons (Fsp3) is 0.281. The molecule has 0 bridgehead atoms. The molecular formula is C32H32O3Se. The number of ether oxygens (including phenoxy) is 1. The molecule has 0 aromatic heterocycles. The van der Waals surface area contributed by atoms with Gasteiger partial charge in [0, 0.05) is 0 Å². The molecule has 1 aliphatic carbocycles. The van der Waals surface area contributed by atoms with Crippen LogP contribution in [0.1, 0.15) is 62.8 Å². The molecule has 3 aromatic carbocycles. The second-order valence-electron chi connectivity index (χ2n) is 10.5. The summed E-state index contributed by atoms with van der Waals surface area (Å²) in [6.07, 6.45) is 3.41. The van der Waals surface area contributed by atoms with E-state index in [1.165, 1.54) is 17.2 Å². The molecule has 3 aromatic rings. The molecule has 0 radical (unpaired) electrons. The molecule has 0 saturated heterocycles. The molecule has 0 fully saturated rings. The first-order valence-electron chi connectivity index (χ1n) is 12.2. The van der Waals surface area contributed by atoms with Crippen LogP contribution in [0.4, 0.5) is 0 Å². The summed E-state index contributed by atoms with van der Waals surface area (Å²) < 4.78 is 7.63. The Morgan fingerprint density at radius 3 is 2.28 bits per heavy atom. The predicted molar refractivity (Wildman–Crippen MR) is 148 cm³/mol. The zero-order valence-electron chi connectivity index (χ0n) is 21.3. The fourth-order valence-electron chi connectivity index (χ4n) is 4.69. The second-order valence-corrected chi connectivity index (χ2v) is 12.3. The number of fused-ring (bicyclic) bond motifs is 1. The molecule has 0 saturated carbocycles. The van der Waals surface area contributed by atoms with E-state index in [1.54, 1.807) is 0 Å². The van der Waals surface area contributed by atoms with Gasteiger partial charge in [-0.3, -0.25) is 0 Å². The van der Waals surface area contributed by atoms with Gasteiger partial charge in [0.1, 0.15) is 0 Å². The number of aliphatic carboxylic acids is 1. The van der Waals surface area contributed by atoms with Gasteiger partial charge in [-0.05, 0) is 0 Å². The Bertz CT molecular complexity index is 1330. The van der Waals surface area contributed by atoms with Gasteiger partial charge in [-0.25, -0.2) is 0 Å². The zero-order valence-corrected chi connectivity index (χ0v) is 23.0. The fourth-order valence-corrected chi connectivity index (χ4v) is 5.99. The van der Waals surface area contributed by atoms with Crippen LogP contribution in [0.2, 0.25) is 0 Å². The van der Waals surface area contributed by atoms with Crippen molar-refractivity contribution in [1.82, 2.24) is 0 Å². The number of carboxylic acids is 1. The van der Waals surface area contributed by atoms with Crippen molar-refractivity contribution in [1.29, 1.82) is 0 Å². The summed E-state index contributed by atoms with van der Waals surface area (Å²) >= 11 is -0.163. The average molecular weight is 544 g/mol. The standard InChI is InChI=1S/C32H32O3Se/c1-31(2)16-17-32(3,4)30-27(31)20-26(21-28(30)35-22-23-11-7-5-8-12-23)36-18-15-25(19-29(33)34)24-13-9-6-10-14-24/h5-14,19-21H,16-17,22H2,1-4H3,(H,33,34). The number of rotatable bonds is 6. The summed E-state index contributed by atoms with van der Waals surface area (Å²) in [5, 5.41) is 9.33. The van der Waals surface area contributed by atoms with Crippen molar-refractivity contribution in [3.8, 4) is 16.5 Å². The molecule has 0 spiro atoms. The summed E-state index contributed by atoms with van der Waals surface area (Å²) in [5.74, 6) is 3.07. The molecule has 4 rings (SSSR count). The van der Waals surface area contributed by atoms with E-state index in [2.05, 4.69) is 62.7 Å². The van der Waals surface area contributed by atoms with Gasteiger partial charge in [-0.1, -0.05) is 0 Å². The minimum atomic E-state index is -0.995. The number of carboxylic acid groups (broad SMARTS) is 1. The van der Waals surface area contributed by atoms with Crippen LogP contribution in [-0.2, 0) is 22.2 Å². The second kappa shape index (κ2) is 10.8. The molecular weight excluding hydrogens is 511 g/mol. The summed E-state index contributed by atoms with van der Waals surface area (Å²) in [6.45, 7) is 9.76. The van der Waals surface area contributed by atoms with E-state index >= 15 is 0 Å². The third-order valence-corrected chi connectivity index (χ3v) is 8.22. The molecule has 1 N–H and O–H groups in total. The third kappa shape index (κ3) is 6.11. The first-order chi connectivity index (χ1) is 17.2. The molecule has 0 unspecified atom stereocenters. The molecule has 0 amide bonds. The van der Waals surface area contributed by atoms with E-state index in [1.807, 2.05) is 48.5 Å². The maximum absolute atomic E-state index is 11.4. The van der Waals surface area contributed by atoms with Crippen LogP contribution in [0.25, 0.3) is 5.57 Å². The van der Waals surface area contributed by atoms with Crippen LogP contribution < -0.4 is 9.20 Å². The van der Waals surface area contributed by atoms with Gasteiger partial charge < -0.3 is 0 Å². The van der Waals surface area contributed by atoms with E-state index in [0.717, 1.165) is 34.2 Å². The van der Waals surface area contributed by atoms with Crippen LogP contribution in [0.3, 0.4) is 0 Å². The Morgan fingerprint density at radius 2 is 1.61 bits per heavy atom. The van der Waals surface area contributed by atoms with E-state index in [0.29, 0.717) is 12.2 Å². The number of benzene rings is 3. The Hall–Kier alpha value is -3.25. The van der Waals surface area contributed by atoms with Gasteiger partial charge in [0.2, 0.25) is 0 Å². The number of allylic oxidation sites excluding steroid dienone is 1. The molecule has 36 heavy (non-hydrogen) atoms. The number of hydrogen-bond donors (Lipinski definition) is 1. The van der Waals surface area contributed by atoms with Gasteiger partial charge in [0.15, 0.2) is 0 Å². The quantitative estimate of drug-likeness (QED) is 0.233. The van der Waals surface area contributed by atoms with Gasteiger partial charge in [-0.15, -0.1) is 0 Å². The first kappa shape index (κ1) is 25.8. The topological polar surface area (TPSA) is 46.5 Å². The maximum atomic E-state index is 11.4. The van der Waals surface area contributed by atoms with E-state index < -0.39 is 5.97 Å². The molecule has 0 heterocycles. The van der Waals surface area contributed by atoms with Crippen LogP contribution in [0.15, 0.2) is 78.9 Å². The minimum absolute atomic E-state index is 0.0266. The van der Waals surface area contributed by atoms with Crippen molar-refractivity contribution in [3.05, 3.63) is 101 Å². The molecule has 4 heteroatoms. The van der Waals surface area contributed by atoms with Crippen molar-refractivity contribution in [2.45, 2.75) is 58.0 Å². The molecule has 1 aliphatic rings. The van der Waals surface area contributed by atoms with E-state index in [-0.39, 0.29) is 25.8 Å². The Kier molecular flexibility index (Phi) is 7.74. The van der Waals surface area contributed by atoms with Crippen molar-refractivity contribution >= 4 is 31.0 Å². The first-order valence-corrected chi connectivity index (χ1v) is 13.9. The summed E-state index contributed by atoms with van der Waals surface area (Å²) in [6, 6.07) is 24.2. The molecule has 3 nitrogen and oxygen atoms in total. The zero-order chi connectivity index (χ0) is 25.8. The predicted octanol–water partition coefficient (Wildman–Crippen LogP) is 6.07. The van der Waals surface area contributed by atoms with Gasteiger partial charge >= 0.3 is 221 Å². The van der Waals surface area contributed by atoms with Crippen LogP contribution in [0, 0.1) is 10.7 Å². The van der Waals surface area contributed by atoms with Crippen LogP contribution in [-0.4, -0.2) is 26.0 Å². The monoisotopic (exact) mass is 544 g/mol. The molecule has 0 atom stereocenters. The Labute approximate surface area is 220 Å².